The van der Waals surface area contributed by atoms with Crippen molar-refractivity contribution in [3.63, 3.8) is 0 Å². The smallest absolute Gasteiger partial charge is 0.279 e. The highest BCUT2D eigenvalue weighted by Gasteiger charge is 2.15. The lowest BCUT2D eigenvalue weighted by molar-refractivity contribution is 0.449. The largest absolute Gasteiger partial charge is 0.348 e. The van der Waals surface area contributed by atoms with Gasteiger partial charge in [-0.3, -0.25) is 0 Å². The van der Waals surface area contributed by atoms with E-state index in [0.29, 0.717) is 19.5 Å². The Kier molecular flexibility index (Phi) is 5.60. The lowest BCUT2D eigenvalue weighted by atomic mass is 10.3. The Morgan fingerprint density at radius 2 is 2.29 bits per heavy atom. The van der Waals surface area contributed by atoms with Crippen molar-refractivity contribution < 1.29 is 8.42 Å². The molecular weight excluding hydrogens is 240 g/mol. The third kappa shape index (κ3) is 4.84. The van der Waals surface area contributed by atoms with Crippen LogP contribution in [0.25, 0.3) is 0 Å². The molecule has 7 heteroatoms. The zero-order chi connectivity index (χ0) is 12.7. The van der Waals surface area contributed by atoms with Gasteiger partial charge in [0.1, 0.15) is 0 Å². The fraction of sp³-hybridized carbons (Fsp3) is 0.700. The minimum atomic E-state index is -3.34. The Labute approximate surface area is 103 Å². The number of unbranched alkanes of at least 4 members (excludes halogenated alkanes) is 1. The summed E-state index contributed by atoms with van der Waals surface area (Å²) in [6, 6.07) is 0. The fourth-order valence-corrected chi connectivity index (χ4v) is 2.30. The summed E-state index contributed by atoms with van der Waals surface area (Å²) in [5, 5.41) is 0. The first-order valence-electron chi connectivity index (χ1n) is 5.74. The van der Waals surface area contributed by atoms with Crippen LogP contribution in [0.3, 0.4) is 0 Å². The van der Waals surface area contributed by atoms with E-state index in [0.717, 1.165) is 18.5 Å². The maximum atomic E-state index is 11.8. The Bertz CT molecular complexity index is 402. The number of imidazole rings is 1. The molecule has 17 heavy (non-hydrogen) atoms. The van der Waals surface area contributed by atoms with Crippen LogP contribution in [0.2, 0.25) is 0 Å². The molecule has 1 aromatic rings. The van der Waals surface area contributed by atoms with Crippen LogP contribution >= 0.6 is 0 Å². The Balaban J connectivity index is 2.33. The van der Waals surface area contributed by atoms with Crippen molar-refractivity contribution in [1.82, 2.24) is 19.0 Å². The first kappa shape index (κ1) is 14.1. The SMILES string of the molecule is CCCCN(C)S(=O)(=O)NCCc1cnc[nH]1. The normalized spacial score (nSPS) is 12.2. The van der Waals surface area contributed by atoms with Crippen LogP contribution in [-0.2, 0) is 16.6 Å². The number of nitrogens with zero attached hydrogens (tertiary/aromatic N) is 2. The Hall–Kier alpha value is -0.920. The molecule has 6 nitrogen and oxygen atoms in total. The van der Waals surface area contributed by atoms with Crippen molar-refractivity contribution in [3.8, 4) is 0 Å². The summed E-state index contributed by atoms with van der Waals surface area (Å²) >= 11 is 0. The van der Waals surface area contributed by atoms with Gasteiger partial charge in [0, 0.05) is 38.4 Å². The van der Waals surface area contributed by atoms with Gasteiger partial charge >= 0.3 is 0 Å². The predicted octanol–water partition coefficient (Wildman–Crippen LogP) is 0.518. The van der Waals surface area contributed by atoms with E-state index < -0.39 is 10.2 Å². The summed E-state index contributed by atoms with van der Waals surface area (Å²) in [6.07, 6.45) is 5.74. The molecule has 0 saturated carbocycles. The summed E-state index contributed by atoms with van der Waals surface area (Å²) in [7, 11) is -1.75. The first-order valence-corrected chi connectivity index (χ1v) is 7.18. The quantitative estimate of drug-likeness (QED) is 0.715. The van der Waals surface area contributed by atoms with Crippen molar-refractivity contribution in [2.45, 2.75) is 26.2 Å². The molecule has 0 amide bonds. The summed E-state index contributed by atoms with van der Waals surface area (Å²) in [4.78, 5) is 6.80. The van der Waals surface area contributed by atoms with Gasteiger partial charge in [-0.15, -0.1) is 0 Å². The van der Waals surface area contributed by atoms with Gasteiger partial charge in [0.25, 0.3) is 10.2 Å². The Morgan fingerprint density at radius 1 is 1.53 bits per heavy atom. The van der Waals surface area contributed by atoms with Crippen LogP contribution in [0.5, 0.6) is 0 Å². The molecule has 0 saturated heterocycles. The van der Waals surface area contributed by atoms with E-state index in [1.807, 2.05) is 6.92 Å². The van der Waals surface area contributed by atoms with Gasteiger partial charge in [-0.2, -0.15) is 12.7 Å². The zero-order valence-electron chi connectivity index (χ0n) is 10.3. The van der Waals surface area contributed by atoms with Crippen LogP contribution < -0.4 is 4.72 Å². The molecule has 1 rings (SSSR count). The maximum Gasteiger partial charge on any atom is 0.279 e. The lowest BCUT2D eigenvalue weighted by Gasteiger charge is -2.16. The molecule has 0 spiro atoms. The summed E-state index contributed by atoms with van der Waals surface area (Å²) in [5.74, 6) is 0. The second kappa shape index (κ2) is 6.73. The predicted molar refractivity (Wildman–Crippen MR) is 66.8 cm³/mol. The highest BCUT2D eigenvalue weighted by Crippen LogP contribution is 1.98. The number of rotatable bonds is 8. The molecule has 0 radical (unpaired) electrons. The molecule has 0 unspecified atom stereocenters. The number of aromatic nitrogens is 2. The molecule has 0 aromatic carbocycles. The van der Waals surface area contributed by atoms with E-state index in [4.69, 9.17) is 0 Å². The van der Waals surface area contributed by atoms with Crippen molar-refractivity contribution in [2.24, 2.45) is 0 Å². The fourth-order valence-electron chi connectivity index (χ4n) is 1.35. The van der Waals surface area contributed by atoms with Gasteiger partial charge in [0.05, 0.1) is 6.33 Å². The second-order valence-electron chi connectivity index (χ2n) is 3.90. The third-order valence-corrected chi connectivity index (χ3v) is 4.04. The van der Waals surface area contributed by atoms with Gasteiger partial charge in [0.2, 0.25) is 0 Å². The molecule has 0 aliphatic heterocycles. The van der Waals surface area contributed by atoms with Gasteiger partial charge in [-0.05, 0) is 6.42 Å². The van der Waals surface area contributed by atoms with E-state index in [1.54, 1.807) is 19.6 Å². The van der Waals surface area contributed by atoms with E-state index in [9.17, 15) is 8.42 Å². The van der Waals surface area contributed by atoms with Crippen LogP contribution in [0.4, 0.5) is 0 Å². The van der Waals surface area contributed by atoms with Crippen molar-refractivity contribution >= 4 is 10.2 Å². The number of aromatic amines is 1. The summed E-state index contributed by atoms with van der Waals surface area (Å²) in [5.41, 5.74) is 0.920. The van der Waals surface area contributed by atoms with Crippen LogP contribution in [0, 0.1) is 0 Å². The number of H-pyrrole nitrogens is 1. The molecule has 1 aromatic heterocycles. The highest BCUT2D eigenvalue weighted by molar-refractivity contribution is 7.87. The van der Waals surface area contributed by atoms with Crippen LogP contribution in [0.1, 0.15) is 25.5 Å². The number of nitrogens with one attached hydrogen (secondary N) is 2. The average molecular weight is 260 g/mol. The highest BCUT2D eigenvalue weighted by atomic mass is 32.2. The van der Waals surface area contributed by atoms with Gasteiger partial charge in [-0.1, -0.05) is 13.3 Å². The molecular formula is C10H20N4O2S. The number of hydrogen-bond acceptors (Lipinski definition) is 3. The molecule has 0 aliphatic rings. The van der Waals surface area contributed by atoms with E-state index in [2.05, 4.69) is 14.7 Å². The van der Waals surface area contributed by atoms with Gasteiger partial charge < -0.3 is 4.98 Å². The molecule has 0 bridgehead atoms. The average Bonchev–Trinajstić information content (AvgIpc) is 2.78. The Morgan fingerprint density at radius 3 is 2.88 bits per heavy atom. The van der Waals surface area contributed by atoms with E-state index >= 15 is 0 Å². The van der Waals surface area contributed by atoms with E-state index in [-0.39, 0.29) is 0 Å². The van der Waals surface area contributed by atoms with Crippen LogP contribution in [-0.4, -0.2) is 42.8 Å². The molecule has 0 fully saturated rings. The van der Waals surface area contributed by atoms with Crippen LogP contribution in [0.15, 0.2) is 12.5 Å². The molecule has 1 heterocycles. The maximum absolute atomic E-state index is 11.8. The summed E-state index contributed by atoms with van der Waals surface area (Å²) < 4.78 is 27.4. The first-order chi connectivity index (χ1) is 8.06. The van der Waals surface area contributed by atoms with E-state index in [1.165, 1.54) is 4.31 Å². The monoisotopic (exact) mass is 260 g/mol. The molecule has 0 atom stereocenters. The molecule has 98 valence electrons. The lowest BCUT2D eigenvalue weighted by Crippen LogP contribution is -2.39. The third-order valence-electron chi connectivity index (χ3n) is 2.47. The minimum Gasteiger partial charge on any atom is -0.348 e. The van der Waals surface area contributed by atoms with Crippen molar-refractivity contribution in [3.05, 3.63) is 18.2 Å². The van der Waals surface area contributed by atoms with Gasteiger partial charge in [-0.25, -0.2) is 9.71 Å². The minimum absolute atomic E-state index is 0.376. The zero-order valence-corrected chi connectivity index (χ0v) is 11.1. The molecule has 2 N–H and O–H groups in total. The standard InChI is InChI=1S/C10H20N4O2S/c1-3-4-7-14(2)17(15,16)13-6-5-10-8-11-9-12-10/h8-9,13H,3-7H2,1-2H3,(H,11,12). The number of hydrogen-bond donors (Lipinski definition) is 2. The molecule has 0 aliphatic carbocycles. The van der Waals surface area contributed by atoms with Crippen molar-refractivity contribution in [1.29, 1.82) is 0 Å². The second-order valence-corrected chi connectivity index (χ2v) is 5.76. The summed E-state index contributed by atoms with van der Waals surface area (Å²) in [6.45, 7) is 2.96. The topological polar surface area (TPSA) is 78.1 Å². The van der Waals surface area contributed by atoms with Gasteiger partial charge in [0.15, 0.2) is 0 Å². The van der Waals surface area contributed by atoms with Crippen molar-refractivity contribution in [2.75, 3.05) is 20.1 Å².